The molecular weight excluding hydrogens is 148 g/mol. The Bertz CT molecular complexity index is 181. The Labute approximate surface area is 74.8 Å². The molecule has 1 heteroatoms. The van der Waals surface area contributed by atoms with E-state index in [1.165, 1.54) is 5.57 Å². The van der Waals surface area contributed by atoms with Gasteiger partial charge in [0.2, 0.25) is 0 Å². The van der Waals surface area contributed by atoms with Gasteiger partial charge in [0.15, 0.2) is 0 Å². The van der Waals surface area contributed by atoms with Crippen molar-refractivity contribution in [3.05, 3.63) is 24.3 Å². The maximum atomic E-state index is 9.39. The van der Waals surface area contributed by atoms with Gasteiger partial charge in [-0.25, -0.2) is 0 Å². The second-order valence-corrected chi connectivity index (χ2v) is 3.61. The molecule has 1 N–H and O–H groups in total. The predicted molar refractivity (Wildman–Crippen MR) is 51.9 cm³/mol. The summed E-state index contributed by atoms with van der Waals surface area (Å²) in [7, 11) is 0. The molecule has 2 atom stereocenters. The zero-order valence-electron chi connectivity index (χ0n) is 7.79. The highest BCUT2D eigenvalue weighted by molar-refractivity contribution is 5.12. The van der Waals surface area contributed by atoms with Gasteiger partial charge in [-0.1, -0.05) is 24.6 Å². The van der Waals surface area contributed by atoms with Gasteiger partial charge in [-0.15, -0.1) is 6.58 Å². The Morgan fingerprint density at radius 1 is 1.67 bits per heavy atom. The lowest BCUT2D eigenvalue weighted by molar-refractivity contribution is 0.192. The molecule has 68 valence electrons. The molecule has 1 aliphatic rings. The van der Waals surface area contributed by atoms with Crippen LogP contribution < -0.4 is 0 Å². The average Bonchev–Trinajstić information content (AvgIpc) is 2.07. The van der Waals surface area contributed by atoms with Crippen LogP contribution in [0.3, 0.4) is 0 Å². The van der Waals surface area contributed by atoms with E-state index in [2.05, 4.69) is 13.5 Å². The van der Waals surface area contributed by atoms with Gasteiger partial charge < -0.3 is 5.11 Å². The number of rotatable bonds is 3. The first-order valence-electron chi connectivity index (χ1n) is 4.73. The van der Waals surface area contributed by atoms with Crippen LogP contribution in [0.2, 0.25) is 0 Å². The van der Waals surface area contributed by atoms with Crippen molar-refractivity contribution in [3.63, 3.8) is 0 Å². The van der Waals surface area contributed by atoms with Crippen molar-refractivity contribution in [1.82, 2.24) is 0 Å². The van der Waals surface area contributed by atoms with Gasteiger partial charge in [-0.3, -0.25) is 0 Å². The van der Waals surface area contributed by atoms with E-state index < -0.39 is 0 Å². The van der Waals surface area contributed by atoms with Crippen molar-refractivity contribution in [2.45, 2.75) is 38.7 Å². The first-order chi connectivity index (χ1) is 5.74. The fourth-order valence-corrected chi connectivity index (χ4v) is 1.70. The first kappa shape index (κ1) is 9.53. The van der Waals surface area contributed by atoms with E-state index in [4.69, 9.17) is 0 Å². The first-order valence-corrected chi connectivity index (χ1v) is 4.73. The monoisotopic (exact) mass is 166 g/mol. The molecule has 0 saturated heterocycles. The smallest absolute Gasteiger partial charge is 0.0723 e. The SMILES string of the molecule is C=CCCC1=CC(O)CCC1C. The second kappa shape index (κ2) is 4.46. The summed E-state index contributed by atoms with van der Waals surface area (Å²) in [6.45, 7) is 5.94. The highest BCUT2D eigenvalue weighted by atomic mass is 16.3. The van der Waals surface area contributed by atoms with Gasteiger partial charge in [0, 0.05) is 0 Å². The molecule has 0 bridgehead atoms. The lowest BCUT2D eigenvalue weighted by Crippen LogP contribution is -2.15. The molecule has 12 heavy (non-hydrogen) atoms. The van der Waals surface area contributed by atoms with Gasteiger partial charge in [-0.2, -0.15) is 0 Å². The Morgan fingerprint density at radius 2 is 2.42 bits per heavy atom. The Morgan fingerprint density at radius 3 is 3.08 bits per heavy atom. The van der Waals surface area contributed by atoms with E-state index in [1.54, 1.807) is 0 Å². The Hall–Kier alpha value is -0.560. The van der Waals surface area contributed by atoms with Crippen molar-refractivity contribution in [2.24, 2.45) is 5.92 Å². The van der Waals surface area contributed by atoms with Gasteiger partial charge in [-0.05, 0) is 31.6 Å². The molecule has 0 aromatic rings. The third-order valence-corrected chi connectivity index (χ3v) is 2.57. The van der Waals surface area contributed by atoms with Crippen LogP contribution in [0.1, 0.15) is 32.6 Å². The molecule has 0 radical (unpaired) electrons. The summed E-state index contributed by atoms with van der Waals surface area (Å²) in [4.78, 5) is 0. The minimum absolute atomic E-state index is 0.194. The molecule has 0 fully saturated rings. The Balaban J connectivity index is 2.51. The largest absolute Gasteiger partial charge is 0.389 e. The van der Waals surface area contributed by atoms with Crippen LogP contribution in [-0.4, -0.2) is 11.2 Å². The maximum absolute atomic E-state index is 9.39. The van der Waals surface area contributed by atoms with E-state index in [0.717, 1.165) is 25.7 Å². The summed E-state index contributed by atoms with van der Waals surface area (Å²) < 4.78 is 0. The minimum Gasteiger partial charge on any atom is -0.389 e. The number of aliphatic hydroxyl groups excluding tert-OH is 1. The van der Waals surface area contributed by atoms with Gasteiger partial charge in [0.1, 0.15) is 0 Å². The Kier molecular flexibility index (Phi) is 3.54. The van der Waals surface area contributed by atoms with Crippen LogP contribution in [0.15, 0.2) is 24.3 Å². The van der Waals surface area contributed by atoms with Crippen molar-refractivity contribution in [1.29, 1.82) is 0 Å². The summed E-state index contributed by atoms with van der Waals surface area (Å²) in [6, 6.07) is 0. The lowest BCUT2D eigenvalue weighted by atomic mass is 9.85. The van der Waals surface area contributed by atoms with E-state index in [-0.39, 0.29) is 6.10 Å². The topological polar surface area (TPSA) is 20.2 Å². The third-order valence-electron chi connectivity index (χ3n) is 2.57. The quantitative estimate of drug-likeness (QED) is 0.639. The zero-order chi connectivity index (χ0) is 8.97. The lowest BCUT2D eigenvalue weighted by Gasteiger charge is -2.23. The molecule has 1 rings (SSSR count). The molecule has 0 spiro atoms. The van der Waals surface area contributed by atoms with Crippen molar-refractivity contribution < 1.29 is 5.11 Å². The molecular formula is C11H18O. The van der Waals surface area contributed by atoms with Crippen LogP contribution in [0.4, 0.5) is 0 Å². The maximum Gasteiger partial charge on any atom is 0.0723 e. The summed E-state index contributed by atoms with van der Waals surface area (Å²) in [6.07, 6.45) is 7.93. The van der Waals surface area contributed by atoms with Gasteiger partial charge in [0.05, 0.1) is 6.10 Å². The van der Waals surface area contributed by atoms with Crippen LogP contribution in [0.25, 0.3) is 0 Å². The zero-order valence-corrected chi connectivity index (χ0v) is 7.79. The van der Waals surface area contributed by atoms with Crippen molar-refractivity contribution in [3.8, 4) is 0 Å². The van der Waals surface area contributed by atoms with E-state index in [9.17, 15) is 5.11 Å². The second-order valence-electron chi connectivity index (χ2n) is 3.61. The van der Waals surface area contributed by atoms with Crippen LogP contribution in [-0.2, 0) is 0 Å². The number of hydrogen-bond donors (Lipinski definition) is 1. The molecule has 1 aliphatic carbocycles. The molecule has 0 amide bonds. The number of aliphatic hydroxyl groups is 1. The fraction of sp³-hybridized carbons (Fsp3) is 0.636. The standard InChI is InChI=1S/C11H18O/c1-3-4-5-10-8-11(12)7-6-9(10)2/h3,8-9,11-12H,1,4-7H2,2H3. The summed E-state index contributed by atoms with van der Waals surface area (Å²) in [5.74, 6) is 0.661. The molecule has 0 aromatic heterocycles. The van der Waals surface area contributed by atoms with E-state index in [0.29, 0.717) is 5.92 Å². The molecule has 0 aromatic carbocycles. The van der Waals surface area contributed by atoms with E-state index in [1.807, 2.05) is 12.2 Å². The summed E-state index contributed by atoms with van der Waals surface area (Å²) in [5, 5.41) is 9.39. The van der Waals surface area contributed by atoms with Crippen LogP contribution in [0, 0.1) is 5.92 Å². The normalized spacial score (nSPS) is 29.7. The summed E-state index contributed by atoms with van der Waals surface area (Å²) >= 11 is 0. The molecule has 2 unspecified atom stereocenters. The highest BCUT2D eigenvalue weighted by Crippen LogP contribution is 2.27. The summed E-state index contributed by atoms with van der Waals surface area (Å²) in [5.41, 5.74) is 1.41. The van der Waals surface area contributed by atoms with Crippen LogP contribution >= 0.6 is 0 Å². The molecule has 1 nitrogen and oxygen atoms in total. The fourth-order valence-electron chi connectivity index (χ4n) is 1.70. The molecule has 0 saturated carbocycles. The third kappa shape index (κ3) is 2.49. The highest BCUT2D eigenvalue weighted by Gasteiger charge is 2.16. The van der Waals surface area contributed by atoms with E-state index >= 15 is 0 Å². The average molecular weight is 166 g/mol. The van der Waals surface area contributed by atoms with Gasteiger partial charge in [0.25, 0.3) is 0 Å². The number of allylic oxidation sites excluding steroid dienone is 2. The predicted octanol–water partition coefficient (Wildman–Crippen LogP) is 2.67. The molecule has 0 aliphatic heterocycles. The van der Waals surface area contributed by atoms with Crippen LogP contribution in [0.5, 0.6) is 0 Å². The van der Waals surface area contributed by atoms with Gasteiger partial charge >= 0.3 is 0 Å². The van der Waals surface area contributed by atoms with Crippen molar-refractivity contribution >= 4 is 0 Å². The van der Waals surface area contributed by atoms with Crippen molar-refractivity contribution in [2.75, 3.05) is 0 Å². The molecule has 0 heterocycles. The minimum atomic E-state index is -0.194. The number of hydrogen-bond acceptors (Lipinski definition) is 1.